The first-order valence-electron chi connectivity index (χ1n) is 10.5. The average Bonchev–Trinajstić information content (AvgIpc) is 3.39. The van der Waals surface area contributed by atoms with E-state index in [1.807, 2.05) is 0 Å². The molecule has 0 saturated carbocycles. The highest BCUT2D eigenvalue weighted by Gasteiger charge is 2.22. The van der Waals surface area contributed by atoms with Gasteiger partial charge in [0.1, 0.15) is 15.6 Å². The van der Waals surface area contributed by atoms with Crippen molar-refractivity contribution in [3.8, 4) is 5.75 Å². The van der Waals surface area contributed by atoms with Crippen molar-refractivity contribution in [3.63, 3.8) is 0 Å². The van der Waals surface area contributed by atoms with E-state index in [0.717, 1.165) is 21.2 Å². The molecular formula is C23H23N3O8S2. The van der Waals surface area contributed by atoms with Gasteiger partial charge in [0.15, 0.2) is 13.2 Å². The number of carbonyl (C=O) groups is 2. The van der Waals surface area contributed by atoms with Gasteiger partial charge in [-0.1, -0.05) is 6.07 Å². The Balaban J connectivity index is 1.50. The normalized spacial score (nSPS) is 11.0. The van der Waals surface area contributed by atoms with Gasteiger partial charge in [-0.2, -0.15) is 0 Å². The molecule has 3 rings (SSSR count). The molecular weight excluding hydrogens is 510 g/mol. The number of aryl methyl sites for hydroxylation is 2. The van der Waals surface area contributed by atoms with Crippen LogP contribution in [0.15, 0.2) is 58.1 Å². The van der Waals surface area contributed by atoms with Gasteiger partial charge >= 0.3 is 5.97 Å². The number of hydrogen-bond donors (Lipinski definition) is 1. The minimum atomic E-state index is -3.68. The minimum Gasteiger partial charge on any atom is -0.482 e. The molecule has 1 N–H and O–H groups in total. The van der Waals surface area contributed by atoms with E-state index in [4.69, 9.17) is 9.47 Å². The second-order valence-electron chi connectivity index (χ2n) is 7.61. The number of anilines is 2. The van der Waals surface area contributed by atoms with Gasteiger partial charge in [0, 0.05) is 13.1 Å². The number of sulfonamides is 1. The van der Waals surface area contributed by atoms with Crippen LogP contribution in [0.3, 0.4) is 0 Å². The first-order chi connectivity index (χ1) is 17.0. The number of rotatable bonds is 10. The average molecular weight is 534 g/mol. The van der Waals surface area contributed by atoms with Crippen molar-refractivity contribution in [2.24, 2.45) is 0 Å². The van der Waals surface area contributed by atoms with E-state index in [2.05, 4.69) is 5.32 Å². The van der Waals surface area contributed by atoms with Crippen LogP contribution in [-0.2, 0) is 24.3 Å². The highest BCUT2D eigenvalue weighted by molar-refractivity contribution is 7.94. The summed E-state index contributed by atoms with van der Waals surface area (Å²) >= 11 is 1.11. The molecule has 0 radical (unpaired) electrons. The first-order valence-corrected chi connectivity index (χ1v) is 12.8. The van der Waals surface area contributed by atoms with Crippen molar-refractivity contribution < 1.29 is 32.4 Å². The maximum absolute atomic E-state index is 12.6. The van der Waals surface area contributed by atoms with Crippen molar-refractivity contribution >= 4 is 50.3 Å². The van der Waals surface area contributed by atoms with Gasteiger partial charge in [0.25, 0.3) is 21.6 Å². The fraction of sp³-hybridized carbons (Fsp3) is 0.217. The molecule has 13 heteroatoms. The zero-order valence-corrected chi connectivity index (χ0v) is 21.2. The first kappa shape index (κ1) is 26.6. The predicted molar refractivity (Wildman–Crippen MR) is 134 cm³/mol. The molecule has 0 atom stereocenters. The van der Waals surface area contributed by atoms with Gasteiger partial charge in [-0.3, -0.25) is 19.2 Å². The lowest BCUT2D eigenvalue weighted by Crippen LogP contribution is -2.25. The van der Waals surface area contributed by atoms with Crippen molar-refractivity contribution in [2.45, 2.75) is 18.1 Å². The summed E-state index contributed by atoms with van der Waals surface area (Å²) < 4.78 is 36.7. The largest absolute Gasteiger partial charge is 0.482 e. The molecule has 1 aromatic heterocycles. The molecule has 0 unspecified atom stereocenters. The lowest BCUT2D eigenvalue weighted by atomic mass is 10.1. The molecule has 0 aliphatic heterocycles. The molecule has 3 aromatic rings. The monoisotopic (exact) mass is 533 g/mol. The van der Waals surface area contributed by atoms with Crippen LogP contribution in [0.4, 0.5) is 17.1 Å². The van der Waals surface area contributed by atoms with Gasteiger partial charge in [-0.15, -0.1) is 11.3 Å². The summed E-state index contributed by atoms with van der Waals surface area (Å²) in [6, 6.07) is 12.0. The number of thiophene rings is 1. The van der Waals surface area contributed by atoms with Gasteiger partial charge in [-0.05, 0) is 66.8 Å². The Bertz CT molecular complexity index is 1370. The molecule has 1 heterocycles. The van der Waals surface area contributed by atoms with Crippen molar-refractivity contribution in [3.05, 3.63) is 75.2 Å². The molecule has 0 bridgehead atoms. The van der Waals surface area contributed by atoms with E-state index in [0.29, 0.717) is 11.3 Å². The summed E-state index contributed by atoms with van der Waals surface area (Å²) in [5.41, 5.74) is 1.59. The topological polar surface area (TPSA) is 145 Å². The second-order valence-corrected chi connectivity index (χ2v) is 10.8. The third kappa shape index (κ3) is 6.37. The van der Waals surface area contributed by atoms with E-state index in [-0.39, 0.29) is 21.3 Å². The van der Waals surface area contributed by atoms with E-state index < -0.39 is 40.0 Å². The van der Waals surface area contributed by atoms with E-state index in [9.17, 15) is 28.1 Å². The molecule has 36 heavy (non-hydrogen) atoms. The Morgan fingerprint density at radius 2 is 1.75 bits per heavy atom. The van der Waals surface area contributed by atoms with Crippen LogP contribution in [-0.4, -0.2) is 45.5 Å². The van der Waals surface area contributed by atoms with E-state index in [1.54, 1.807) is 25.3 Å². The highest BCUT2D eigenvalue weighted by atomic mass is 32.2. The number of nitrogens with one attached hydrogen (secondary N) is 1. The van der Waals surface area contributed by atoms with E-state index >= 15 is 0 Å². The Hall–Kier alpha value is -3.97. The van der Waals surface area contributed by atoms with Crippen molar-refractivity contribution in [2.75, 3.05) is 29.9 Å². The zero-order valence-electron chi connectivity index (χ0n) is 19.6. The molecule has 0 aliphatic carbocycles. The van der Waals surface area contributed by atoms with Gasteiger partial charge in [0.05, 0.1) is 10.6 Å². The quantitative estimate of drug-likeness (QED) is 0.236. The summed E-state index contributed by atoms with van der Waals surface area (Å²) in [5, 5.41) is 15.3. The number of benzene rings is 2. The molecule has 0 saturated heterocycles. The Morgan fingerprint density at radius 1 is 1.08 bits per heavy atom. The third-order valence-electron chi connectivity index (χ3n) is 5.11. The van der Waals surface area contributed by atoms with Crippen LogP contribution < -0.4 is 14.4 Å². The molecule has 190 valence electrons. The summed E-state index contributed by atoms with van der Waals surface area (Å²) in [7, 11) is -2.25. The molecule has 2 aromatic carbocycles. The summed E-state index contributed by atoms with van der Waals surface area (Å²) in [5.74, 6) is -1.29. The van der Waals surface area contributed by atoms with Crippen molar-refractivity contribution in [1.82, 2.24) is 0 Å². The number of nitro benzene ring substituents is 1. The van der Waals surface area contributed by atoms with Crippen LogP contribution in [0, 0.1) is 24.0 Å². The fourth-order valence-electron chi connectivity index (χ4n) is 3.00. The smallest absolute Gasteiger partial charge is 0.344 e. The molecule has 0 fully saturated rings. The predicted octanol–water partition coefficient (Wildman–Crippen LogP) is 3.66. The minimum absolute atomic E-state index is 0.00606. The van der Waals surface area contributed by atoms with Crippen LogP contribution >= 0.6 is 11.3 Å². The van der Waals surface area contributed by atoms with Crippen LogP contribution in [0.5, 0.6) is 5.75 Å². The van der Waals surface area contributed by atoms with Crippen molar-refractivity contribution in [1.29, 1.82) is 0 Å². The van der Waals surface area contributed by atoms with Crippen LogP contribution in [0.1, 0.15) is 11.1 Å². The SMILES string of the molecule is Cc1cc(NC(=O)COC(=O)COc2ccc(N(C)S(=O)(=O)c3cccs3)cc2)c([N+](=O)[O-])cc1C. The maximum atomic E-state index is 12.6. The lowest BCUT2D eigenvalue weighted by molar-refractivity contribution is -0.384. The van der Waals surface area contributed by atoms with Crippen LogP contribution in [0.25, 0.3) is 0 Å². The number of esters is 1. The Morgan fingerprint density at radius 3 is 2.36 bits per heavy atom. The number of carbonyl (C=O) groups excluding carboxylic acids is 2. The van der Waals surface area contributed by atoms with E-state index in [1.165, 1.54) is 49.5 Å². The maximum Gasteiger partial charge on any atom is 0.344 e. The summed E-state index contributed by atoms with van der Waals surface area (Å²) in [4.78, 5) is 34.7. The lowest BCUT2D eigenvalue weighted by Gasteiger charge is -2.18. The number of nitrogens with zero attached hydrogens (tertiary/aromatic N) is 2. The highest BCUT2D eigenvalue weighted by Crippen LogP contribution is 2.28. The second kappa shape index (κ2) is 11.2. The molecule has 0 aliphatic rings. The number of amides is 1. The number of nitro groups is 1. The molecule has 0 spiro atoms. The molecule has 11 nitrogen and oxygen atoms in total. The third-order valence-corrected chi connectivity index (χ3v) is 8.27. The Kier molecular flexibility index (Phi) is 8.27. The molecule has 1 amide bonds. The Labute approximate surface area is 211 Å². The summed E-state index contributed by atoms with van der Waals surface area (Å²) in [6.07, 6.45) is 0. The van der Waals surface area contributed by atoms with Gasteiger partial charge in [0.2, 0.25) is 0 Å². The van der Waals surface area contributed by atoms with Crippen LogP contribution in [0.2, 0.25) is 0 Å². The standard InChI is InChI=1S/C23H23N3O8S2/c1-15-11-19(20(26(29)30)12-16(15)2)24-21(27)13-34-22(28)14-33-18-8-6-17(7-9-18)25(3)36(31,32)23-5-4-10-35-23/h4-12H,13-14H2,1-3H3,(H,24,27). The summed E-state index contributed by atoms with van der Waals surface area (Å²) in [6.45, 7) is 2.31. The number of ether oxygens (including phenoxy) is 2. The van der Waals surface area contributed by atoms with Gasteiger partial charge in [-0.25, -0.2) is 13.2 Å². The zero-order chi connectivity index (χ0) is 26.5. The van der Waals surface area contributed by atoms with Gasteiger partial charge < -0.3 is 14.8 Å². The fourth-order valence-corrected chi connectivity index (χ4v) is 5.36. The number of hydrogen-bond acceptors (Lipinski definition) is 9.